The van der Waals surface area contributed by atoms with Crippen LogP contribution in [0.3, 0.4) is 0 Å². The largest absolute Gasteiger partial charge is 0.464 e. The van der Waals surface area contributed by atoms with E-state index in [4.69, 9.17) is 5.11 Å². The van der Waals surface area contributed by atoms with Gasteiger partial charge in [0.2, 0.25) is 0 Å². The molecule has 0 heterocycles. The van der Waals surface area contributed by atoms with Crippen LogP contribution in [-0.2, 0) is 23.9 Å². The molecule has 0 rings (SSSR count). The molecule has 0 radical (unpaired) electrons. The first-order valence-electron chi connectivity index (χ1n) is 3.86. The molecule has 6 heteroatoms. The third-order valence-corrected chi connectivity index (χ3v) is 0.884. The third-order valence-electron chi connectivity index (χ3n) is 0.884. The monoisotopic (exact) mass is 254 g/mol. The van der Waals surface area contributed by atoms with Gasteiger partial charge in [-0.25, -0.2) is 0 Å². The van der Waals surface area contributed by atoms with Gasteiger partial charge in [-0.05, 0) is 13.8 Å². The Labute approximate surface area is 104 Å². The molecule has 17 heavy (non-hydrogen) atoms. The molecular weight excluding hydrogens is 228 g/mol. The molecule has 0 aromatic carbocycles. The van der Waals surface area contributed by atoms with Crippen molar-refractivity contribution in [2.24, 2.45) is 0 Å². The number of carbonyl (C=O) groups is 3. The zero-order valence-electron chi connectivity index (χ0n) is 8.08. The summed E-state index contributed by atoms with van der Waals surface area (Å²) in [5.74, 6) is 0. The van der Waals surface area contributed by atoms with E-state index >= 15 is 0 Å². The first kappa shape index (κ1) is 29.6. The number of aldehydes is 1. The molecule has 0 spiro atoms. The molecule has 0 bridgehead atoms. The summed E-state index contributed by atoms with van der Waals surface area (Å²) < 4.78 is 8.66. The molecule has 0 saturated heterocycles. The van der Waals surface area contributed by atoms with Crippen molar-refractivity contribution in [2.45, 2.75) is 48.3 Å². The van der Waals surface area contributed by atoms with E-state index in [1.807, 2.05) is 0 Å². The van der Waals surface area contributed by atoms with E-state index in [1.54, 1.807) is 6.92 Å². The summed E-state index contributed by atoms with van der Waals surface area (Å²) in [6.07, 6.45) is -0.678. The second kappa shape index (κ2) is 24.0. The highest BCUT2D eigenvalue weighted by molar-refractivity contribution is 5.54. The Kier molecular flexibility index (Phi) is 41.8. The van der Waals surface area contributed by atoms with Crippen molar-refractivity contribution in [1.82, 2.24) is 0 Å². The standard InChI is InChI=1S/C5H8O4.C3H6O2.3CH4/c1-5(9-4-7)2-8-3-6;1-3(5)2-4;;;/h3-5H,2H2,1H3;2-3,5H,1H3;3*1H4. The molecule has 2 atom stereocenters. The maximum Gasteiger partial charge on any atom is 0.293 e. The Balaban J connectivity index is -0.0000000533. The zero-order chi connectivity index (χ0) is 11.4. The molecule has 0 saturated carbocycles. The number of hydrogen-bond donors (Lipinski definition) is 1. The molecule has 6 nitrogen and oxygen atoms in total. The molecule has 0 aliphatic rings. The molecule has 0 aromatic heterocycles. The highest BCUT2D eigenvalue weighted by atomic mass is 16.6. The van der Waals surface area contributed by atoms with Crippen LogP contribution in [0.2, 0.25) is 0 Å². The molecule has 0 aliphatic carbocycles. The van der Waals surface area contributed by atoms with E-state index in [0.717, 1.165) is 0 Å². The summed E-state index contributed by atoms with van der Waals surface area (Å²) in [7, 11) is 0. The van der Waals surface area contributed by atoms with Gasteiger partial charge in [0.15, 0.2) is 0 Å². The number of aliphatic hydroxyl groups excluding tert-OH is 1. The van der Waals surface area contributed by atoms with Crippen molar-refractivity contribution < 1.29 is 29.0 Å². The van der Waals surface area contributed by atoms with Crippen LogP contribution in [0.15, 0.2) is 0 Å². The van der Waals surface area contributed by atoms with Crippen LogP contribution in [0.1, 0.15) is 36.1 Å². The van der Waals surface area contributed by atoms with Crippen LogP contribution in [0, 0.1) is 0 Å². The van der Waals surface area contributed by atoms with Crippen LogP contribution in [0.5, 0.6) is 0 Å². The molecule has 2 unspecified atom stereocenters. The summed E-state index contributed by atoms with van der Waals surface area (Å²) in [4.78, 5) is 28.4. The Morgan fingerprint density at radius 3 is 1.71 bits per heavy atom. The third kappa shape index (κ3) is 40.2. The Hall–Kier alpha value is -1.43. The van der Waals surface area contributed by atoms with Crippen LogP contribution in [0.4, 0.5) is 0 Å². The average molecular weight is 254 g/mol. The Bertz CT molecular complexity index is 158. The smallest absolute Gasteiger partial charge is 0.293 e. The van der Waals surface area contributed by atoms with E-state index in [2.05, 4.69) is 9.47 Å². The summed E-state index contributed by atoms with van der Waals surface area (Å²) in [5.41, 5.74) is 0. The topological polar surface area (TPSA) is 89.9 Å². The van der Waals surface area contributed by atoms with Crippen LogP contribution >= 0.6 is 0 Å². The Morgan fingerprint density at radius 2 is 1.47 bits per heavy atom. The van der Waals surface area contributed by atoms with Crippen molar-refractivity contribution >= 4 is 19.2 Å². The summed E-state index contributed by atoms with van der Waals surface area (Å²) in [6, 6.07) is 0. The fourth-order valence-electron chi connectivity index (χ4n) is 0.309. The minimum absolute atomic E-state index is 0. The van der Waals surface area contributed by atoms with Crippen molar-refractivity contribution in [3.8, 4) is 0 Å². The number of aliphatic hydroxyl groups is 1. The molecule has 1 N–H and O–H groups in total. The molecule has 106 valence electrons. The predicted octanol–water partition coefficient (Wildman–Crippen LogP) is 1.20. The van der Waals surface area contributed by atoms with Gasteiger partial charge in [0.05, 0.1) is 0 Å². The fraction of sp³-hybridized carbons (Fsp3) is 0.727. The first-order chi connectivity index (χ1) is 6.58. The van der Waals surface area contributed by atoms with Crippen LogP contribution in [0.25, 0.3) is 0 Å². The van der Waals surface area contributed by atoms with Crippen molar-refractivity contribution in [2.75, 3.05) is 6.61 Å². The lowest BCUT2D eigenvalue weighted by Crippen LogP contribution is -2.14. The first-order valence-corrected chi connectivity index (χ1v) is 3.86. The van der Waals surface area contributed by atoms with Gasteiger partial charge in [0, 0.05) is 0 Å². The lowest BCUT2D eigenvalue weighted by atomic mass is 10.4. The van der Waals surface area contributed by atoms with Gasteiger partial charge < -0.3 is 19.4 Å². The van der Waals surface area contributed by atoms with Crippen molar-refractivity contribution in [3.05, 3.63) is 0 Å². The van der Waals surface area contributed by atoms with Crippen molar-refractivity contribution in [3.63, 3.8) is 0 Å². The number of ether oxygens (including phenoxy) is 2. The van der Waals surface area contributed by atoms with Crippen LogP contribution < -0.4 is 0 Å². The van der Waals surface area contributed by atoms with Gasteiger partial charge in [-0.15, -0.1) is 0 Å². The lowest BCUT2D eigenvalue weighted by molar-refractivity contribution is -0.141. The van der Waals surface area contributed by atoms with E-state index in [0.29, 0.717) is 19.2 Å². The van der Waals surface area contributed by atoms with Crippen LogP contribution in [-0.4, -0.2) is 43.2 Å². The second-order valence-corrected chi connectivity index (χ2v) is 2.35. The molecule has 0 amide bonds. The summed E-state index contributed by atoms with van der Waals surface area (Å²) >= 11 is 0. The zero-order valence-corrected chi connectivity index (χ0v) is 8.08. The van der Waals surface area contributed by atoms with E-state index in [1.165, 1.54) is 6.92 Å². The van der Waals surface area contributed by atoms with Gasteiger partial charge in [-0.2, -0.15) is 0 Å². The molecule has 0 aliphatic heterocycles. The van der Waals surface area contributed by atoms with Crippen molar-refractivity contribution in [1.29, 1.82) is 0 Å². The van der Waals surface area contributed by atoms with Gasteiger partial charge in [0.25, 0.3) is 12.9 Å². The molecule has 0 aromatic rings. The fourth-order valence-corrected chi connectivity index (χ4v) is 0.309. The van der Waals surface area contributed by atoms with Gasteiger partial charge in [-0.1, -0.05) is 22.3 Å². The van der Waals surface area contributed by atoms with E-state index < -0.39 is 6.10 Å². The minimum atomic E-state index is -0.796. The Morgan fingerprint density at radius 1 is 1.06 bits per heavy atom. The SMILES string of the molecule is C.C.C.CC(COC=O)OC=O.CC(O)C=O. The predicted molar refractivity (Wildman–Crippen MR) is 66.6 cm³/mol. The number of hydrogen-bond acceptors (Lipinski definition) is 6. The van der Waals surface area contributed by atoms with Gasteiger partial charge in [-0.3, -0.25) is 9.59 Å². The number of carbonyl (C=O) groups excluding carboxylic acids is 3. The summed E-state index contributed by atoms with van der Waals surface area (Å²) in [5, 5.41) is 7.99. The molecular formula is C11H26O6. The van der Waals surface area contributed by atoms with Gasteiger partial charge >= 0.3 is 0 Å². The highest BCUT2D eigenvalue weighted by Crippen LogP contribution is 1.86. The maximum absolute atomic E-state index is 9.61. The van der Waals surface area contributed by atoms with Gasteiger partial charge in [0.1, 0.15) is 25.1 Å². The highest BCUT2D eigenvalue weighted by Gasteiger charge is 1.98. The minimum Gasteiger partial charge on any atom is -0.464 e. The average Bonchev–Trinajstić information content (AvgIpc) is 2.16. The van der Waals surface area contributed by atoms with E-state index in [9.17, 15) is 14.4 Å². The normalized spacial score (nSPS) is 10.3. The molecule has 0 fully saturated rings. The van der Waals surface area contributed by atoms with E-state index in [-0.39, 0.29) is 35.0 Å². The quantitative estimate of drug-likeness (QED) is 0.716. The summed E-state index contributed by atoms with van der Waals surface area (Å²) in [6.45, 7) is 3.77. The maximum atomic E-state index is 9.61. The lowest BCUT2D eigenvalue weighted by Gasteiger charge is -2.05. The number of rotatable bonds is 6. The second-order valence-electron chi connectivity index (χ2n) is 2.35.